The third-order valence-corrected chi connectivity index (χ3v) is 3.40. The van der Waals surface area contributed by atoms with Crippen LogP contribution in [0.15, 0.2) is 18.5 Å². The fourth-order valence-corrected chi connectivity index (χ4v) is 2.26. The molecule has 0 aliphatic rings. The Labute approximate surface area is 120 Å². The molecule has 0 spiro atoms. The van der Waals surface area contributed by atoms with Crippen LogP contribution >= 0.6 is 11.6 Å². The molecule has 0 fully saturated rings. The summed E-state index contributed by atoms with van der Waals surface area (Å²) in [6, 6.07) is 1.86. The van der Waals surface area contributed by atoms with Gasteiger partial charge in [0, 0.05) is 18.9 Å². The maximum absolute atomic E-state index is 11.9. The van der Waals surface area contributed by atoms with E-state index in [-0.39, 0.29) is 11.8 Å². The Kier molecular flexibility index (Phi) is 7.56. The zero-order valence-corrected chi connectivity index (χ0v) is 12.6. The molecular formula is C14H24ClN3O. The van der Waals surface area contributed by atoms with Gasteiger partial charge in [-0.2, -0.15) is 5.10 Å². The predicted octanol–water partition coefficient (Wildman–Crippen LogP) is 3.12. The first kappa shape index (κ1) is 16.0. The standard InChI is InChI=1S/C14H24ClN3O/c1-3-4-5-7-13(2)11-17(14(19)10-15)12-18-9-6-8-16-18/h6,8-9,13H,3-5,7,10-12H2,1-2H3. The Balaban J connectivity index is 2.47. The second kappa shape index (κ2) is 8.97. The van der Waals surface area contributed by atoms with E-state index in [0.29, 0.717) is 12.6 Å². The molecule has 1 aromatic rings. The number of nitrogens with zero attached hydrogens (tertiary/aromatic N) is 3. The number of amides is 1. The van der Waals surface area contributed by atoms with E-state index in [0.717, 1.165) is 13.0 Å². The van der Waals surface area contributed by atoms with E-state index in [4.69, 9.17) is 11.6 Å². The maximum atomic E-state index is 11.9. The van der Waals surface area contributed by atoms with Crippen LogP contribution in [0.25, 0.3) is 0 Å². The van der Waals surface area contributed by atoms with Gasteiger partial charge in [0.05, 0.1) is 0 Å². The van der Waals surface area contributed by atoms with Crippen LogP contribution in [0.3, 0.4) is 0 Å². The monoisotopic (exact) mass is 285 g/mol. The van der Waals surface area contributed by atoms with E-state index in [2.05, 4.69) is 18.9 Å². The average molecular weight is 286 g/mol. The van der Waals surface area contributed by atoms with Crippen LogP contribution in [0, 0.1) is 5.92 Å². The zero-order valence-electron chi connectivity index (χ0n) is 11.9. The number of carbonyl (C=O) groups is 1. The zero-order chi connectivity index (χ0) is 14.1. The molecule has 0 aliphatic carbocycles. The predicted molar refractivity (Wildman–Crippen MR) is 78.0 cm³/mol. The summed E-state index contributed by atoms with van der Waals surface area (Å²) in [5.74, 6) is 0.497. The van der Waals surface area contributed by atoms with Gasteiger partial charge in [0.25, 0.3) is 0 Å². The minimum absolute atomic E-state index is 0.0282. The number of hydrogen-bond acceptors (Lipinski definition) is 2. The number of rotatable bonds is 9. The molecule has 0 radical (unpaired) electrons. The summed E-state index contributed by atoms with van der Waals surface area (Å²) in [5.41, 5.74) is 0. The highest BCUT2D eigenvalue weighted by molar-refractivity contribution is 6.27. The van der Waals surface area contributed by atoms with Gasteiger partial charge in [0.2, 0.25) is 5.91 Å². The first-order chi connectivity index (χ1) is 9.17. The molecule has 0 aliphatic heterocycles. The summed E-state index contributed by atoms with van der Waals surface area (Å²) >= 11 is 5.68. The highest BCUT2D eigenvalue weighted by Crippen LogP contribution is 2.12. The van der Waals surface area contributed by atoms with Crippen molar-refractivity contribution >= 4 is 17.5 Å². The SMILES string of the molecule is CCCCCC(C)CN(Cn1cccn1)C(=O)CCl. The van der Waals surface area contributed by atoms with E-state index < -0.39 is 0 Å². The highest BCUT2D eigenvalue weighted by atomic mass is 35.5. The smallest absolute Gasteiger partial charge is 0.238 e. The Morgan fingerprint density at radius 2 is 2.26 bits per heavy atom. The van der Waals surface area contributed by atoms with Crippen LogP contribution < -0.4 is 0 Å². The Hall–Kier alpha value is -1.03. The molecule has 1 rings (SSSR count). The number of halogens is 1. The molecule has 1 aromatic heterocycles. The molecule has 108 valence electrons. The number of unbranched alkanes of at least 4 members (excludes halogenated alkanes) is 2. The minimum Gasteiger partial charge on any atom is -0.322 e. The van der Waals surface area contributed by atoms with Gasteiger partial charge in [0.1, 0.15) is 12.5 Å². The lowest BCUT2D eigenvalue weighted by molar-refractivity contribution is -0.131. The summed E-state index contributed by atoms with van der Waals surface area (Å²) in [6.45, 7) is 5.62. The van der Waals surface area contributed by atoms with Crippen LogP contribution in [0.4, 0.5) is 0 Å². The van der Waals surface area contributed by atoms with Gasteiger partial charge in [-0.25, -0.2) is 0 Å². The minimum atomic E-state index is -0.0282. The summed E-state index contributed by atoms with van der Waals surface area (Å²) in [6.07, 6.45) is 8.43. The third-order valence-electron chi connectivity index (χ3n) is 3.17. The lowest BCUT2D eigenvalue weighted by Gasteiger charge is -2.25. The van der Waals surface area contributed by atoms with Crippen molar-refractivity contribution in [1.29, 1.82) is 0 Å². The molecule has 19 heavy (non-hydrogen) atoms. The summed E-state index contributed by atoms with van der Waals surface area (Å²) in [7, 11) is 0. The Morgan fingerprint density at radius 1 is 1.47 bits per heavy atom. The van der Waals surface area contributed by atoms with Crippen molar-refractivity contribution in [2.45, 2.75) is 46.2 Å². The summed E-state index contributed by atoms with van der Waals surface area (Å²) < 4.78 is 1.75. The van der Waals surface area contributed by atoms with Gasteiger partial charge in [-0.15, -0.1) is 11.6 Å². The molecule has 1 atom stereocenters. The maximum Gasteiger partial charge on any atom is 0.238 e. The van der Waals surface area contributed by atoms with Crippen molar-refractivity contribution in [3.63, 3.8) is 0 Å². The quantitative estimate of drug-likeness (QED) is 0.516. The second-order valence-electron chi connectivity index (χ2n) is 5.04. The molecule has 1 heterocycles. The summed E-state index contributed by atoms with van der Waals surface area (Å²) in [5, 5.41) is 4.14. The normalized spacial score (nSPS) is 12.4. The molecule has 0 aromatic carbocycles. The van der Waals surface area contributed by atoms with Gasteiger partial charge in [-0.3, -0.25) is 9.48 Å². The molecule has 0 saturated heterocycles. The molecular weight excluding hydrogens is 262 g/mol. The second-order valence-corrected chi connectivity index (χ2v) is 5.30. The fourth-order valence-electron chi connectivity index (χ4n) is 2.09. The van der Waals surface area contributed by atoms with Crippen molar-refractivity contribution in [1.82, 2.24) is 14.7 Å². The molecule has 4 nitrogen and oxygen atoms in total. The highest BCUT2D eigenvalue weighted by Gasteiger charge is 2.16. The largest absolute Gasteiger partial charge is 0.322 e. The van der Waals surface area contributed by atoms with Gasteiger partial charge in [-0.05, 0) is 18.4 Å². The molecule has 5 heteroatoms. The van der Waals surface area contributed by atoms with E-state index in [1.54, 1.807) is 15.8 Å². The number of hydrogen-bond donors (Lipinski definition) is 0. The van der Waals surface area contributed by atoms with Crippen LogP contribution in [-0.4, -0.2) is 33.0 Å². The Bertz CT molecular complexity index is 354. The molecule has 0 bridgehead atoms. The van der Waals surface area contributed by atoms with Crippen LogP contribution in [-0.2, 0) is 11.5 Å². The van der Waals surface area contributed by atoms with E-state index in [1.807, 2.05) is 12.3 Å². The third kappa shape index (κ3) is 6.10. The van der Waals surface area contributed by atoms with Gasteiger partial charge in [0.15, 0.2) is 0 Å². The van der Waals surface area contributed by atoms with Gasteiger partial charge >= 0.3 is 0 Å². The van der Waals surface area contributed by atoms with Crippen molar-refractivity contribution in [3.05, 3.63) is 18.5 Å². The molecule has 0 N–H and O–H groups in total. The first-order valence-corrected chi connectivity index (χ1v) is 7.52. The molecule has 1 unspecified atom stereocenters. The van der Waals surface area contributed by atoms with E-state index in [1.165, 1.54) is 19.3 Å². The topological polar surface area (TPSA) is 38.1 Å². The van der Waals surface area contributed by atoms with Crippen molar-refractivity contribution in [2.24, 2.45) is 5.92 Å². The first-order valence-electron chi connectivity index (χ1n) is 6.98. The van der Waals surface area contributed by atoms with Crippen LogP contribution in [0.5, 0.6) is 0 Å². The number of carbonyl (C=O) groups excluding carboxylic acids is 1. The van der Waals surface area contributed by atoms with E-state index >= 15 is 0 Å². The lowest BCUT2D eigenvalue weighted by atomic mass is 10.0. The van der Waals surface area contributed by atoms with E-state index in [9.17, 15) is 4.79 Å². The molecule has 1 amide bonds. The Morgan fingerprint density at radius 3 is 2.84 bits per heavy atom. The van der Waals surface area contributed by atoms with Crippen LogP contribution in [0.1, 0.15) is 39.5 Å². The number of aromatic nitrogens is 2. The van der Waals surface area contributed by atoms with Crippen molar-refractivity contribution < 1.29 is 4.79 Å². The molecule has 0 saturated carbocycles. The van der Waals surface area contributed by atoms with Crippen LogP contribution in [0.2, 0.25) is 0 Å². The lowest BCUT2D eigenvalue weighted by Crippen LogP contribution is -2.37. The van der Waals surface area contributed by atoms with Crippen molar-refractivity contribution in [2.75, 3.05) is 12.4 Å². The average Bonchev–Trinajstić information content (AvgIpc) is 2.90. The van der Waals surface area contributed by atoms with Gasteiger partial charge in [-0.1, -0.05) is 33.1 Å². The number of alkyl halides is 1. The summed E-state index contributed by atoms with van der Waals surface area (Å²) in [4.78, 5) is 13.6. The fraction of sp³-hybridized carbons (Fsp3) is 0.714. The van der Waals surface area contributed by atoms with Gasteiger partial charge < -0.3 is 4.90 Å². The van der Waals surface area contributed by atoms with Crippen molar-refractivity contribution in [3.8, 4) is 0 Å².